The Morgan fingerprint density at radius 3 is 2.58 bits per heavy atom. The number of hydrogen-bond donors (Lipinski definition) is 3. The second-order valence-corrected chi connectivity index (χ2v) is 5.11. The van der Waals surface area contributed by atoms with E-state index in [0.29, 0.717) is 0 Å². The number of hydrogen-bond acceptors (Lipinski definition) is 4. The third-order valence-corrected chi connectivity index (χ3v) is 3.81. The van der Waals surface area contributed by atoms with Gasteiger partial charge in [-0.15, -0.1) is 11.8 Å². The second-order valence-electron chi connectivity index (χ2n) is 3.88. The van der Waals surface area contributed by atoms with E-state index in [1.165, 1.54) is 6.07 Å². The van der Waals surface area contributed by atoms with Crippen LogP contribution in [0.4, 0.5) is 27.1 Å². The molecular formula is C13H13ClFN3S. The number of nitrogens with one attached hydrogen (secondary N) is 1. The lowest BCUT2D eigenvalue weighted by molar-refractivity contribution is 0.633. The quantitative estimate of drug-likeness (QED) is 0.589. The molecule has 0 amide bonds. The zero-order valence-electron chi connectivity index (χ0n) is 10.2. The molecule has 0 radical (unpaired) electrons. The van der Waals surface area contributed by atoms with Gasteiger partial charge in [0, 0.05) is 4.90 Å². The zero-order chi connectivity index (χ0) is 14.0. The molecule has 6 heteroatoms. The first kappa shape index (κ1) is 13.8. The van der Waals surface area contributed by atoms with Gasteiger partial charge in [-0.2, -0.15) is 0 Å². The van der Waals surface area contributed by atoms with E-state index >= 15 is 0 Å². The molecule has 0 spiro atoms. The fourth-order valence-electron chi connectivity index (χ4n) is 1.68. The van der Waals surface area contributed by atoms with Gasteiger partial charge in [-0.3, -0.25) is 0 Å². The molecule has 0 unspecified atom stereocenters. The van der Waals surface area contributed by atoms with Gasteiger partial charge >= 0.3 is 0 Å². The van der Waals surface area contributed by atoms with Gasteiger partial charge in [0.1, 0.15) is 5.02 Å². The van der Waals surface area contributed by atoms with Crippen LogP contribution >= 0.6 is 23.4 Å². The minimum Gasteiger partial charge on any atom is -0.397 e. The summed E-state index contributed by atoms with van der Waals surface area (Å²) in [5, 5.41) is 2.84. The average Bonchev–Trinajstić information content (AvgIpc) is 2.41. The summed E-state index contributed by atoms with van der Waals surface area (Å²) in [6.45, 7) is 0. The molecule has 0 atom stereocenters. The largest absolute Gasteiger partial charge is 0.397 e. The molecule has 3 nitrogen and oxygen atoms in total. The number of rotatable bonds is 3. The van der Waals surface area contributed by atoms with E-state index in [0.717, 1.165) is 10.6 Å². The smallest absolute Gasteiger partial charge is 0.169 e. The molecule has 0 aliphatic rings. The van der Waals surface area contributed by atoms with E-state index in [-0.39, 0.29) is 22.1 Å². The SMILES string of the molecule is CSc1ccccc1Nc1c(N)cc(N)c(Cl)c1F. The highest BCUT2D eigenvalue weighted by Crippen LogP contribution is 2.37. The molecule has 0 aliphatic carbocycles. The van der Waals surface area contributed by atoms with Crippen LogP contribution in [0.15, 0.2) is 35.2 Å². The number of thioether (sulfide) groups is 1. The molecule has 0 fully saturated rings. The Morgan fingerprint density at radius 1 is 1.21 bits per heavy atom. The van der Waals surface area contributed by atoms with Crippen LogP contribution < -0.4 is 16.8 Å². The van der Waals surface area contributed by atoms with Gasteiger partial charge in [0.2, 0.25) is 0 Å². The maximum atomic E-state index is 14.1. The third kappa shape index (κ3) is 2.72. The summed E-state index contributed by atoms with van der Waals surface area (Å²) in [5.41, 5.74) is 12.6. The molecule has 2 aromatic carbocycles. The topological polar surface area (TPSA) is 64.1 Å². The van der Waals surface area contributed by atoms with Crippen LogP contribution in [0, 0.1) is 5.82 Å². The van der Waals surface area contributed by atoms with E-state index in [2.05, 4.69) is 5.32 Å². The number of nitrogen functional groups attached to an aromatic ring is 2. The van der Waals surface area contributed by atoms with Crippen molar-refractivity contribution >= 4 is 46.1 Å². The monoisotopic (exact) mass is 297 g/mol. The summed E-state index contributed by atoms with van der Waals surface area (Å²) < 4.78 is 14.1. The minimum atomic E-state index is -0.643. The van der Waals surface area contributed by atoms with Crippen molar-refractivity contribution in [1.29, 1.82) is 0 Å². The molecule has 0 saturated carbocycles. The standard InChI is InChI=1S/C13H13ClFN3S/c1-19-10-5-3-2-4-9(10)18-13-8(17)6-7(16)11(14)12(13)15/h2-6,18H,16-17H2,1H3. The van der Waals surface area contributed by atoms with Gasteiger partial charge in [-0.1, -0.05) is 23.7 Å². The lowest BCUT2D eigenvalue weighted by Crippen LogP contribution is -2.03. The van der Waals surface area contributed by atoms with E-state index in [1.54, 1.807) is 11.8 Å². The number of para-hydroxylation sites is 1. The zero-order valence-corrected chi connectivity index (χ0v) is 11.8. The molecule has 19 heavy (non-hydrogen) atoms. The van der Waals surface area contributed by atoms with Crippen LogP contribution in [0.1, 0.15) is 0 Å². The Morgan fingerprint density at radius 2 is 1.89 bits per heavy atom. The Hall–Kier alpha value is -1.59. The van der Waals surface area contributed by atoms with Gasteiger partial charge in [0.25, 0.3) is 0 Å². The Labute approximate surface area is 120 Å². The van der Waals surface area contributed by atoms with E-state index in [1.807, 2.05) is 30.5 Å². The van der Waals surface area contributed by atoms with Crippen molar-refractivity contribution in [2.45, 2.75) is 4.90 Å². The number of nitrogens with two attached hydrogens (primary N) is 2. The van der Waals surface area contributed by atoms with E-state index in [4.69, 9.17) is 23.1 Å². The molecule has 0 aromatic heterocycles. The van der Waals surface area contributed by atoms with Crippen molar-refractivity contribution in [2.24, 2.45) is 0 Å². The summed E-state index contributed by atoms with van der Waals surface area (Å²) in [5.74, 6) is -0.643. The number of benzene rings is 2. The maximum Gasteiger partial charge on any atom is 0.169 e. The highest BCUT2D eigenvalue weighted by atomic mass is 35.5. The van der Waals surface area contributed by atoms with Crippen molar-refractivity contribution < 1.29 is 4.39 Å². The first-order chi connectivity index (χ1) is 9.04. The van der Waals surface area contributed by atoms with Gasteiger partial charge in [0.05, 0.1) is 22.7 Å². The van der Waals surface area contributed by atoms with Crippen molar-refractivity contribution in [2.75, 3.05) is 23.0 Å². The molecule has 100 valence electrons. The summed E-state index contributed by atoms with van der Waals surface area (Å²) in [7, 11) is 0. The Bertz CT molecular complexity index is 619. The summed E-state index contributed by atoms with van der Waals surface area (Å²) in [6.07, 6.45) is 1.94. The van der Waals surface area contributed by atoms with Gasteiger partial charge in [-0.05, 0) is 24.5 Å². The lowest BCUT2D eigenvalue weighted by atomic mass is 10.2. The number of halogens is 2. The summed E-state index contributed by atoms with van der Waals surface area (Å²) >= 11 is 7.34. The van der Waals surface area contributed by atoms with Crippen LogP contribution in [0.3, 0.4) is 0 Å². The van der Waals surface area contributed by atoms with Gasteiger partial charge in [-0.25, -0.2) is 4.39 Å². The minimum absolute atomic E-state index is 0.125. The fourth-order valence-corrected chi connectivity index (χ4v) is 2.38. The first-order valence-electron chi connectivity index (χ1n) is 5.47. The summed E-state index contributed by atoms with van der Waals surface area (Å²) in [6, 6.07) is 8.98. The normalized spacial score (nSPS) is 10.5. The average molecular weight is 298 g/mol. The van der Waals surface area contributed by atoms with Crippen molar-refractivity contribution in [3.63, 3.8) is 0 Å². The molecule has 2 rings (SSSR count). The highest BCUT2D eigenvalue weighted by Gasteiger charge is 2.15. The van der Waals surface area contributed by atoms with Gasteiger partial charge in [0.15, 0.2) is 5.82 Å². The molecule has 0 aliphatic heterocycles. The predicted octanol–water partition coefficient (Wildman–Crippen LogP) is 4.11. The third-order valence-electron chi connectivity index (χ3n) is 2.63. The van der Waals surface area contributed by atoms with Crippen LogP contribution in [0.25, 0.3) is 0 Å². The molecule has 0 heterocycles. The predicted molar refractivity (Wildman–Crippen MR) is 81.7 cm³/mol. The highest BCUT2D eigenvalue weighted by molar-refractivity contribution is 7.98. The van der Waals surface area contributed by atoms with Crippen molar-refractivity contribution in [3.05, 3.63) is 41.2 Å². The van der Waals surface area contributed by atoms with Crippen LogP contribution in [-0.2, 0) is 0 Å². The summed E-state index contributed by atoms with van der Waals surface area (Å²) in [4.78, 5) is 0.981. The van der Waals surface area contributed by atoms with Crippen LogP contribution in [0.2, 0.25) is 5.02 Å². The number of anilines is 4. The maximum absolute atomic E-state index is 14.1. The molecular weight excluding hydrogens is 285 g/mol. The van der Waals surface area contributed by atoms with Crippen LogP contribution in [0.5, 0.6) is 0 Å². The molecule has 5 N–H and O–H groups in total. The first-order valence-corrected chi connectivity index (χ1v) is 7.08. The van der Waals surface area contributed by atoms with E-state index < -0.39 is 5.82 Å². The van der Waals surface area contributed by atoms with Crippen molar-refractivity contribution in [1.82, 2.24) is 0 Å². The molecule has 0 saturated heterocycles. The van der Waals surface area contributed by atoms with Gasteiger partial charge < -0.3 is 16.8 Å². The fraction of sp³-hybridized carbons (Fsp3) is 0.0769. The van der Waals surface area contributed by atoms with Crippen LogP contribution in [-0.4, -0.2) is 6.26 Å². The molecule has 2 aromatic rings. The second kappa shape index (κ2) is 5.59. The molecule has 0 bridgehead atoms. The Kier molecular flexibility index (Phi) is 4.07. The lowest BCUT2D eigenvalue weighted by Gasteiger charge is -2.15. The van der Waals surface area contributed by atoms with Crippen molar-refractivity contribution in [3.8, 4) is 0 Å². The Balaban J connectivity index is 2.47. The van der Waals surface area contributed by atoms with E-state index in [9.17, 15) is 4.39 Å².